The van der Waals surface area contributed by atoms with Crippen LogP contribution in [0, 0.1) is 0 Å². The van der Waals surface area contributed by atoms with Crippen LogP contribution < -0.4 is 14.8 Å². The quantitative estimate of drug-likeness (QED) is 0.608. The van der Waals surface area contributed by atoms with E-state index in [4.69, 9.17) is 21.1 Å². The van der Waals surface area contributed by atoms with Crippen LogP contribution in [0.1, 0.15) is 16.2 Å². The molecule has 1 aromatic heterocycles. The zero-order valence-corrected chi connectivity index (χ0v) is 19.6. The van der Waals surface area contributed by atoms with Crippen molar-refractivity contribution in [3.63, 3.8) is 0 Å². The number of hydrogen-bond acceptors (Lipinski definition) is 5. The second kappa shape index (κ2) is 9.35. The molecule has 0 radical (unpaired) electrons. The van der Waals surface area contributed by atoms with Crippen LogP contribution in [0.4, 0.5) is 10.5 Å². The van der Waals surface area contributed by atoms with Crippen molar-refractivity contribution in [2.24, 2.45) is 7.05 Å². The molecule has 0 saturated heterocycles. The number of nitrogens with zero attached hydrogens (tertiary/aromatic N) is 4. The predicted octanol–water partition coefficient (Wildman–Crippen LogP) is 3.61. The maximum absolute atomic E-state index is 12.8. The number of carbonyl (C=O) groups is 2. The number of aromatic nitrogens is 2. The summed E-state index contributed by atoms with van der Waals surface area (Å²) in [6, 6.07) is 8.20. The predicted molar refractivity (Wildman–Crippen MR) is 124 cm³/mol. The Morgan fingerprint density at radius 1 is 1.09 bits per heavy atom. The van der Waals surface area contributed by atoms with Crippen LogP contribution >= 0.6 is 11.6 Å². The fraction of sp³-hybridized carbons (Fsp3) is 0.318. The molecular formula is C22H26ClN5O4. The van der Waals surface area contributed by atoms with Gasteiger partial charge >= 0.3 is 6.03 Å². The molecule has 9 nitrogen and oxygen atoms in total. The molecule has 32 heavy (non-hydrogen) atoms. The van der Waals surface area contributed by atoms with Gasteiger partial charge in [-0.1, -0.05) is 11.6 Å². The summed E-state index contributed by atoms with van der Waals surface area (Å²) >= 11 is 6.19. The summed E-state index contributed by atoms with van der Waals surface area (Å²) in [6.07, 6.45) is 0. The van der Waals surface area contributed by atoms with E-state index in [0.717, 1.165) is 5.52 Å². The maximum atomic E-state index is 12.8. The van der Waals surface area contributed by atoms with E-state index in [9.17, 15) is 9.59 Å². The molecule has 0 saturated carbocycles. The molecule has 0 aliphatic carbocycles. The molecular weight excluding hydrogens is 434 g/mol. The molecule has 0 unspecified atom stereocenters. The van der Waals surface area contributed by atoms with Crippen molar-refractivity contribution in [3.8, 4) is 11.5 Å². The molecule has 3 amide bonds. The second-order valence-corrected chi connectivity index (χ2v) is 7.87. The van der Waals surface area contributed by atoms with Gasteiger partial charge in [0.05, 0.1) is 42.5 Å². The van der Waals surface area contributed by atoms with Crippen molar-refractivity contribution < 1.29 is 19.1 Å². The lowest BCUT2D eigenvalue weighted by Crippen LogP contribution is -2.31. The van der Waals surface area contributed by atoms with Crippen LogP contribution in [0.2, 0.25) is 5.02 Å². The normalized spacial score (nSPS) is 10.7. The van der Waals surface area contributed by atoms with Gasteiger partial charge in [-0.3, -0.25) is 4.79 Å². The Kier molecular flexibility index (Phi) is 6.78. The lowest BCUT2D eigenvalue weighted by Gasteiger charge is -2.19. The van der Waals surface area contributed by atoms with Crippen LogP contribution in [0.5, 0.6) is 11.5 Å². The molecule has 2 aromatic carbocycles. The lowest BCUT2D eigenvalue weighted by atomic mass is 10.2. The molecule has 0 fully saturated rings. The highest BCUT2D eigenvalue weighted by molar-refractivity contribution is 6.32. The summed E-state index contributed by atoms with van der Waals surface area (Å²) in [4.78, 5) is 32.7. The summed E-state index contributed by atoms with van der Waals surface area (Å²) < 4.78 is 12.4. The fourth-order valence-corrected chi connectivity index (χ4v) is 3.48. The number of aryl methyl sites for hydroxylation is 1. The number of nitrogens with one attached hydrogen (secondary N) is 1. The number of anilines is 1. The van der Waals surface area contributed by atoms with E-state index in [1.54, 1.807) is 45.4 Å². The fourth-order valence-electron chi connectivity index (χ4n) is 3.23. The number of hydrogen-bond donors (Lipinski definition) is 1. The number of ether oxygens (including phenoxy) is 2. The Balaban J connectivity index is 1.80. The summed E-state index contributed by atoms with van der Waals surface area (Å²) in [5, 5.41) is 3.15. The number of halogens is 1. The van der Waals surface area contributed by atoms with Gasteiger partial charge in [0.1, 0.15) is 17.3 Å². The summed E-state index contributed by atoms with van der Waals surface area (Å²) in [6.45, 7) is 0.250. The van der Waals surface area contributed by atoms with E-state index >= 15 is 0 Å². The minimum atomic E-state index is -0.361. The third kappa shape index (κ3) is 4.57. The Morgan fingerprint density at radius 2 is 1.78 bits per heavy atom. The summed E-state index contributed by atoms with van der Waals surface area (Å²) in [5.41, 5.74) is 2.54. The minimum absolute atomic E-state index is 0.0947. The first-order valence-corrected chi connectivity index (χ1v) is 10.1. The molecule has 3 rings (SSSR count). The molecule has 3 aromatic rings. The first kappa shape index (κ1) is 23.2. The number of imidazole rings is 1. The zero-order valence-electron chi connectivity index (χ0n) is 18.9. The highest BCUT2D eigenvalue weighted by atomic mass is 35.5. The topological polar surface area (TPSA) is 88.9 Å². The number of benzene rings is 2. The number of urea groups is 1. The summed E-state index contributed by atoms with van der Waals surface area (Å²) in [5.74, 6) is 1.45. The van der Waals surface area contributed by atoms with Crippen LogP contribution in [0.15, 0.2) is 30.3 Å². The molecule has 0 bridgehead atoms. The standard InChI is InChI=1S/C22H26ClN5O4/c1-26(2)21(29)13-7-8-17-15(9-13)24-20(28(17)4)12-27(3)22(30)25-16-10-14(23)18(31-5)11-19(16)32-6/h7-11H,12H2,1-6H3,(H,25,30). The van der Waals surface area contributed by atoms with Gasteiger partial charge in [-0.15, -0.1) is 0 Å². The number of methoxy groups -OCH3 is 2. The molecule has 10 heteroatoms. The number of rotatable bonds is 6. The second-order valence-electron chi connectivity index (χ2n) is 7.46. The first-order chi connectivity index (χ1) is 15.2. The number of amides is 3. The SMILES string of the molecule is COc1cc(OC)c(NC(=O)N(C)Cc2nc3cc(C(=O)N(C)C)ccc3n2C)cc1Cl. The third-order valence-electron chi connectivity index (χ3n) is 5.07. The van der Waals surface area contributed by atoms with Gasteiger partial charge in [0.25, 0.3) is 5.91 Å². The van der Waals surface area contributed by atoms with Gasteiger partial charge in [-0.25, -0.2) is 9.78 Å². The first-order valence-electron chi connectivity index (χ1n) is 9.76. The molecule has 1 heterocycles. The highest BCUT2D eigenvalue weighted by Gasteiger charge is 2.18. The van der Waals surface area contributed by atoms with E-state index in [0.29, 0.717) is 39.1 Å². The molecule has 0 atom stereocenters. The van der Waals surface area contributed by atoms with Crippen LogP contribution in [-0.4, -0.2) is 66.7 Å². The Morgan fingerprint density at radius 3 is 2.41 bits per heavy atom. The maximum Gasteiger partial charge on any atom is 0.322 e. The lowest BCUT2D eigenvalue weighted by molar-refractivity contribution is 0.0827. The van der Waals surface area contributed by atoms with E-state index in [2.05, 4.69) is 10.3 Å². The monoisotopic (exact) mass is 459 g/mol. The Labute approximate surface area is 191 Å². The summed E-state index contributed by atoms with van der Waals surface area (Å²) in [7, 11) is 9.94. The molecule has 0 aliphatic heterocycles. The highest BCUT2D eigenvalue weighted by Crippen LogP contribution is 2.36. The number of carbonyl (C=O) groups excluding carboxylic acids is 2. The van der Waals surface area contributed by atoms with Crippen molar-refractivity contribution in [2.75, 3.05) is 40.7 Å². The zero-order chi connectivity index (χ0) is 23.6. The van der Waals surface area contributed by atoms with Gasteiger partial charge in [0, 0.05) is 39.8 Å². The van der Waals surface area contributed by atoms with Crippen molar-refractivity contribution >= 4 is 40.3 Å². The Hall–Kier alpha value is -3.46. The molecule has 0 spiro atoms. The smallest absolute Gasteiger partial charge is 0.322 e. The average Bonchev–Trinajstić information content (AvgIpc) is 3.07. The largest absolute Gasteiger partial charge is 0.495 e. The van der Waals surface area contributed by atoms with Gasteiger partial charge in [-0.2, -0.15) is 0 Å². The van der Waals surface area contributed by atoms with Gasteiger partial charge < -0.3 is 29.2 Å². The van der Waals surface area contributed by atoms with E-state index in [1.807, 2.05) is 17.7 Å². The van der Waals surface area contributed by atoms with Crippen LogP contribution in [-0.2, 0) is 13.6 Å². The van der Waals surface area contributed by atoms with E-state index in [-0.39, 0.29) is 18.5 Å². The van der Waals surface area contributed by atoms with Crippen molar-refractivity contribution in [1.82, 2.24) is 19.4 Å². The molecule has 0 aliphatic rings. The minimum Gasteiger partial charge on any atom is -0.495 e. The van der Waals surface area contributed by atoms with Crippen molar-refractivity contribution in [1.29, 1.82) is 0 Å². The van der Waals surface area contributed by atoms with Crippen LogP contribution in [0.25, 0.3) is 11.0 Å². The van der Waals surface area contributed by atoms with Crippen LogP contribution in [0.3, 0.4) is 0 Å². The van der Waals surface area contributed by atoms with Gasteiger partial charge in [-0.05, 0) is 24.3 Å². The van der Waals surface area contributed by atoms with Crippen molar-refractivity contribution in [3.05, 3.63) is 46.7 Å². The molecule has 1 N–H and O–H groups in total. The van der Waals surface area contributed by atoms with E-state index in [1.165, 1.54) is 24.0 Å². The van der Waals surface area contributed by atoms with Gasteiger partial charge in [0.2, 0.25) is 0 Å². The van der Waals surface area contributed by atoms with E-state index < -0.39 is 0 Å². The molecule has 170 valence electrons. The number of fused-ring (bicyclic) bond motifs is 1. The van der Waals surface area contributed by atoms with Crippen molar-refractivity contribution in [2.45, 2.75) is 6.54 Å². The average molecular weight is 460 g/mol. The Bertz CT molecular complexity index is 1170. The third-order valence-corrected chi connectivity index (χ3v) is 5.36. The van der Waals surface area contributed by atoms with Gasteiger partial charge in [0.15, 0.2) is 0 Å².